The van der Waals surface area contributed by atoms with Crippen LogP contribution in [0.15, 0.2) is 29.2 Å². The van der Waals surface area contributed by atoms with Gasteiger partial charge in [0.2, 0.25) is 0 Å². The predicted molar refractivity (Wildman–Crippen MR) is 91.3 cm³/mol. The Bertz CT molecular complexity index is 455. The van der Waals surface area contributed by atoms with Gasteiger partial charge in [0.15, 0.2) is 0 Å². The first kappa shape index (κ1) is 16.7. The van der Waals surface area contributed by atoms with Crippen molar-refractivity contribution in [1.29, 1.82) is 0 Å². The molecule has 1 aromatic carbocycles. The van der Waals surface area contributed by atoms with Crippen molar-refractivity contribution in [2.24, 2.45) is 0 Å². The van der Waals surface area contributed by atoms with Crippen molar-refractivity contribution < 1.29 is 4.21 Å². The molecule has 0 radical (unpaired) electrons. The van der Waals surface area contributed by atoms with Gasteiger partial charge in [-0.3, -0.25) is 4.21 Å². The lowest BCUT2D eigenvalue weighted by molar-refractivity contribution is 0.474. The Morgan fingerprint density at radius 3 is 2.43 bits per heavy atom. The van der Waals surface area contributed by atoms with Crippen molar-refractivity contribution in [2.45, 2.75) is 75.0 Å². The van der Waals surface area contributed by atoms with Crippen LogP contribution in [-0.2, 0) is 10.8 Å². The fourth-order valence-corrected chi connectivity index (χ4v) is 4.85. The second-order valence-corrected chi connectivity index (χ2v) is 8.03. The molecule has 1 N–H and O–H groups in total. The van der Waals surface area contributed by atoms with E-state index >= 15 is 0 Å². The van der Waals surface area contributed by atoms with E-state index in [9.17, 15) is 4.21 Å². The summed E-state index contributed by atoms with van der Waals surface area (Å²) >= 11 is 0. The Labute approximate surface area is 132 Å². The Balaban J connectivity index is 2.15. The second-order valence-electron chi connectivity index (χ2n) is 6.36. The topological polar surface area (TPSA) is 29.1 Å². The molecular formula is C18H29NOS. The Morgan fingerprint density at radius 1 is 1.14 bits per heavy atom. The smallest absolute Gasteiger partial charge is 0.0576 e. The molecule has 0 aliphatic heterocycles. The molecule has 0 spiro atoms. The molecule has 1 fully saturated rings. The lowest BCUT2D eigenvalue weighted by Crippen LogP contribution is -2.41. The van der Waals surface area contributed by atoms with E-state index in [0.29, 0.717) is 12.0 Å². The number of nitrogens with one attached hydrogen (secondary N) is 1. The first-order valence-corrected chi connectivity index (χ1v) is 9.58. The third kappa shape index (κ3) is 4.40. The second kappa shape index (κ2) is 8.09. The van der Waals surface area contributed by atoms with Gasteiger partial charge in [-0.05, 0) is 43.0 Å². The minimum Gasteiger partial charge on any atom is -0.313 e. The summed E-state index contributed by atoms with van der Waals surface area (Å²) in [4.78, 5) is 0.995. The van der Waals surface area contributed by atoms with Gasteiger partial charge in [-0.15, -0.1) is 0 Å². The van der Waals surface area contributed by atoms with Gasteiger partial charge in [-0.1, -0.05) is 52.2 Å². The quantitative estimate of drug-likeness (QED) is 0.825. The highest BCUT2D eigenvalue weighted by molar-refractivity contribution is 7.85. The molecule has 2 rings (SSSR count). The third-order valence-electron chi connectivity index (χ3n) is 4.47. The summed E-state index contributed by atoms with van der Waals surface area (Å²) in [6, 6.07) is 8.81. The Kier molecular flexibility index (Phi) is 6.43. The van der Waals surface area contributed by atoms with Crippen LogP contribution in [0.3, 0.4) is 0 Å². The zero-order valence-electron chi connectivity index (χ0n) is 13.6. The molecule has 0 saturated heterocycles. The van der Waals surface area contributed by atoms with Crippen LogP contribution >= 0.6 is 0 Å². The van der Waals surface area contributed by atoms with Crippen molar-refractivity contribution in [3.63, 3.8) is 0 Å². The molecule has 2 nitrogen and oxygen atoms in total. The monoisotopic (exact) mass is 307 g/mol. The summed E-state index contributed by atoms with van der Waals surface area (Å²) in [6.45, 7) is 7.49. The van der Waals surface area contributed by atoms with Crippen molar-refractivity contribution >= 4 is 10.8 Å². The van der Waals surface area contributed by atoms with Gasteiger partial charge in [-0.25, -0.2) is 0 Å². The highest BCUT2D eigenvalue weighted by Crippen LogP contribution is 2.26. The highest BCUT2D eigenvalue weighted by Gasteiger charge is 2.28. The van der Waals surface area contributed by atoms with Crippen LogP contribution in [0.1, 0.15) is 64.4 Å². The zero-order valence-corrected chi connectivity index (χ0v) is 14.4. The van der Waals surface area contributed by atoms with E-state index in [-0.39, 0.29) is 5.25 Å². The minimum atomic E-state index is -0.897. The summed E-state index contributed by atoms with van der Waals surface area (Å²) < 4.78 is 13.0. The fraction of sp³-hybridized carbons (Fsp3) is 0.667. The van der Waals surface area contributed by atoms with E-state index in [1.165, 1.54) is 24.8 Å². The highest BCUT2D eigenvalue weighted by atomic mass is 32.2. The van der Waals surface area contributed by atoms with Gasteiger partial charge in [0, 0.05) is 10.9 Å². The van der Waals surface area contributed by atoms with E-state index in [0.717, 1.165) is 24.3 Å². The standard InChI is InChI=1S/C18H29NOS/c1-4-19-17-8-6-5-7-9-18(17)21(20)16-12-10-15(11-13-16)14(2)3/h10-14,17-19H,4-9H2,1-3H3. The van der Waals surface area contributed by atoms with Gasteiger partial charge < -0.3 is 5.32 Å². The molecular weight excluding hydrogens is 278 g/mol. The fourth-order valence-electron chi connectivity index (χ4n) is 3.19. The van der Waals surface area contributed by atoms with Crippen molar-refractivity contribution in [2.75, 3.05) is 6.54 Å². The lowest BCUT2D eigenvalue weighted by Gasteiger charge is -2.25. The van der Waals surface area contributed by atoms with Crippen molar-refractivity contribution in [1.82, 2.24) is 5.32 Å². The van der Waals surface area contributed by atoms with Crippen LogP contribution in [0.4, 0.5) is 0 Å². The average Bonchev–Trinajstić information content (AvgIpc) is 2.72. The predicted octanol–water partition coefficient (Wildman–Crippen LogP) is 4.23. The molecule has 3 atom stereocenters. The van der Waals surface area contributed by atoms with E-state index in [2.05, 4.69) is 50.4 Å². The number of benzene rings is 1. The van der Waals surface area contributed by atoms with Gasteiger partial charge in [-0.2, -0.15) is 0 Å². The van der Waals surface area contributed by atoms with Gasteiger partial charge >= 0.3 is 0 Å². The average molecular weight is 308 g/mol. The SMILES string of the molecule is CCNC1CCCCCC1S(=O)c1ccc(C(C)C)cc1. The Hall–Kier alpha value is -0.670. The molecule has 118 valence electrons. The summed E-state index contributed by atoms with van der Waals surface area (Å²) in [6.07, 6.45) is 5.99. The van der Waals surface area contributed by atoms with E-state index in [1.807, 2.05) is 0 Å². The molecule has 0 heterocycles. The lowest BCUT2D eigenvalue weighted by atomic mass is 10.0. The third-order valence-corrected chi connectivity index (χ3v) is 6.32. The van der Waals surface area contributed by atoms with Crippen LogP contribution in [-0.4, -0.2) is 22.0 Å². The number of hydrogen-bond acceptors (Lipinski definition) is 2. The summed E-state index contributed by atoms with van der Waals surface area (Å²) in [5.74, 6) is 0.528. The molecule has 1 aromatic rings. The van der Waals surface area contributed by atoms with Gasteiger partial charge in [0.1, 0.15) is 0 Å². The molecule has 3 heteroatoms. The minimum absolute atomic E-state index is 0.261. The van der Waals surface area contributed by atoms with E-state index < -0.39 is 10.8 Å². The summed E-state index contributed by atoms with van der Waals surface area (Å²) in [5.41, 5.74) is 1.32. The molecule has 1 aliphatic rings. The van der Waals surface area contributed by atoms with E-state index in [4.69, 9.17) is 0 Å². The summed E-state index contributed by atoms with van der Waals surface area (Å²) in [7, 11) is -0.897. The first-order valence-electron chi connectivity index (χ1n) is 8.37. The van der Waals surface area contributed by atoms with E-state index in [1.54, 1.807) is 0 Å². The van der Waals surface area contributed by atoms with Crippen LogP contribution in [0.25, 0.3) is 0 Å². The van der Waals surface area contributed by atoms with Crippen LogP contribution in [0.2, 0.25) is 0 Å². The molecule has 0 aromatic heterocycles. The molecule has 3 unspecified atom stereocenters. The first-order chi connectivity index (χ1) is 10.1. The number of hydrogen-bond donors (Lipinski definition) is 1. The maximum absolute atomic E-state index is 13.0. The maximum Gasteiger partial charge on any atom is 0.0576 e. The zero-order chi connectivity index (χ0) is 15.2. The van der Waals surface area contributed by atoms with Crippen LogP contribution in [0.5, 0.6) is 0 Å². The molecule has 0 amide bonds. The van der Waals surface area contributed by atoms with Crippen molar-refractivity contribution in [3.05, 3.63) is 29.8 Å². The van der Waals surface area contributed by atoms with Crippen LogP contribution < -0.4 is 5.32 Å². The molecule has 21 heavy (non-hydrogen) atoms. The molecule has 0 bridgehead atoms. The van der Waals surface area contributed by atoms with Gasteiger partial charge in [0.25, 0.3) is 0 Å². The molecule has 1 saturated carbocycles. The largest absolute Gasteiger partial charge is 0.313 e. The maximum atomic E-state index is 13.0. The van der Waals surface area contributed by atoms with Crippen LogP contribution in [0, 0.1) is 0 Å². The Morgan fingerprint density at radius 2 is 1.81 bits per heavy atom. The normalized spacial score (nSPS) is 24.8. The number of rotatable bonds is 5. The van der Waals surface area contributed by atoms with Gasteiger partial charge in [0.05, 0.1) is 16.0 Å². The molecule has 1 aliphatic carbocycles. The van der Waals surface area contributed by atoms with Crippen molar-refractivity contribution in [3.8, 4) is 0 Å². The summed E-state index contributed by atoms with van der Waals surface area (Å²) in [5, 5.41) is 3.82.